The molecule has 1 atom stereocenters. The SMILES string of the molecule is CCCCCCC(=O)NNC(=S)NCC1CCCO1. The van der Waals surface area contributed by atoms with Crippen molar-refractivity contribution in [3.8, 4) is 0 Å². The Morgan fingerprint density at radius 1 is 1.32 bits per heavy atom. The van der Waals surface area contributed by atoms with Crippen LogP contribution in [0.25, 0.3) is 0 Å². The summed E-state index contributed by atoms with van der Waals surface area (Å²) in [5, 5.41) is 3.48. The van der Waals surface area contributed by atoms with Crippen LogP contribution in [0, 0.1) is 0 Å². The molecule has 1 rings (SSSR count). The van der Waals surface area contributed by atoms with Gasteiger partial charge in [0.25, 0.3) is 0 Å². The van der Waals surface area contributed by atoms with Crippen LogP contribution < -0.4 is 16.2 Å². The van der Waals surface area contributed by atoms with E-state index >= 15 is 0 Å². The summed E-state index contributed by atoms with van der Waals surface area (Å²) in [7, 11) is 0. The third-order valence-corrected chi connectivity index (χ3v) is 3.33. The number of hydrogen-bond donors (Lipinski definition) is 3. The Morgan fingerprint density at radius 3 is 2.84 bits per heavy atom. The van der Waals surface area contributed by atoms with Crippen molar-refractivity contribution in [3.05, 3.63) is 0 Å². The minimum atomic E-state index is -0.0163. The first kappa shape index (κ1) is 16.2. The van der Waals surface area contributed by atoms with Crippen LogP contribution >= 0.6 is 12.2 Å². The Labute approximate surface area is 120 Å². The topological polar surface area (TPSA) is 62.4 Å². The van der Waals surface area contributed by atoms with Crippen LogP contribution in [-0.4, -0.2) is 30.3 Å². The second kappa shape index (κ2) is 9.97. The zero-order valence-corrected chi connectivity index (χ0v) is 12.5. The molecular weight excluding hydrogens is 262 g/mol. The molecule has 1 unspecified atom stereocenters. The third-order valence-electron chi connectivity index (χ3n) is 3.09. The van der Waals surface area contributed by atoms with Crippen LogP contribution in [0.4, 0.5) is 0 Å². The summed E-state index contributed by atoms with van der Waals surface area (Å²) in [5.74, 6) is -0.0163. The molecule has 1 saturated heterocycles. The predicted octanol–water partition coefficient (Wildman–Crippen LogP) is 1.63. The van der Waals surface area contributed by atoms with E-state index in [1.165, 1.54) is 12.8 Å². The summed E-state index contributed by atoms with van der Waals surface area (Å²) in [6.45, 7) is 3.68. The van der Waals surface area contributed by atoms with Crippen LogP contribution in [0.15, 0.2) is 0 Å². The number of carbonyl (C=O) groups excluding carboxylic acids is 1. The first-order valence-electron chi connectivity index (χ1n) is 7.16. The molecule has 3 N–H and O–H groups in total. The monoisotopic (exact) mass is 287 g/mol. The highest BCUT2D eigenvalue weighted by molar-refractivity contribution is 7.80. The lowest BCUT2D eigenvalue weighted by atomic mass is 10.1. The molecule has 1 aliphatic rings. The van der Waals surface area contributed by atoms with Crippen LogP contribution in [0.5, 0.6) is 0 Å². The number of amides is 1. The fraction of sp³-hybridized carbons (Fsp3) is 0.846. The average molecular weight is 287 g/mol. The Balaban J connectivity index is 1.97. The number of ether oxygens (including phenoxy) is 1. The molecule has 0 aliphatic carbocycles. The lowest BCUT2D eigenvalue weighted by Crippen LogP contribution is -2.48. The molecule has 0 aromatic rings. The van der Waals surface area contributed by atoms with Gasteiger partial charge in [-0.3, -0.25) is 15.6 Å². The number of carbonyl (C=O) groups is 1. The van der Waals surface area contributed by atoms with Crippen LogP contribution in [0.1, 0.15) is 51.9 Å². The predicted molar refractivity (Wildman–Crippen MR) is 79.6 cm³/mol. The molecule has 0 saturated carbocycles. The van der Waals surface area contributed by atoms with E-state index in [2.05, 4.69) is 23.1 Å². The average Bonchev–Trinajstić information content (AvgIpc) is 2.92. The Hall–Kier alpha value is -0.880. The molecule has 0 spiro atoms. The lowest BCUT2D eigenvalue weighted by molar-refractivity contribution is -0.121. The number of hydrogen-bond acceptors (Lipinski definition) is 3. The standard InChI is InChI=1S/C13H25N3O2S/c1-2-3-4-5-8-12(17)15-16-13(19)14-10-11-7-6-9-18-11/h11H,2-10H2,1H3,(H,15,17)(H2,14,16,19). The Morgan fingerprint density at radius 2 is 2.16 bits per heavy atom. The maximum absolute atomic E-state index is 11.5. The number of unbranched alkanes of at least 4 members (excludes halogenated alkanes) is 3. The van der Waals surface area contributed by atoms with Gasteiger partial charge in [0, 0.05) is 19.6 Å². The minimum absolute atomic E-state index is 0.0163. The third kappa shape index (κ3) is 8.00. The molecule has 19 heavy (non-hydrogen) atoms. The summed E-state index contributed by atoms with van der Waals surface area (Å²) in [6.07, 6.45) is 7.36. The van der Waals surface area contributed by atoms with E-state index in [-0.39, 0.29) is 12.0 Å². The molecule has 0 bridgehead atoms. The van der Waals surface area contributed by atoms with E-state index in [0.29, 0.717) is 18.1 Å². The number of rotatable bonds is 7. The molecule has 1 amide bonds. The normalized spacial score (nSPS) is 18.1. The van der Waals surface area contributed by atoms with E-state index in [0.717, 1.165) is 32.3 Å². The van der Waals surface area contributed by atoms with Crippen molar-refractivity contribution in [2.45, 2.75) is 58.0 Å². The molecule has 1 aliphatic heterocycles. The van der Waals surface area contributed by atoms with Gasteiger partial charge >= 0.3 is 0 Å². The van der Waals surface area contributed by atoms with E-state index in [4.69, 9.17) is 17.0 Å². The van der Waals surface area contributed by atoms with Crippen molar-refractivity contribution in [2.24, 2.45) is 0 Å². The second-order valence-corrected chi connectivity index (χ2v) is 5.24. The van der Waals surface area contributed by atoms with Gasteiger partial charge in [0.15, 0.2) is 5.11 Å². The van der Waals surface area contributed by atoms with Crippen molar-refractivity contribution >= 4 is 23.2 Å². The van der Waals surface area contributed by atoms with Gasteiger partial charge in [0.1, 0.15) is 0 Å². The molecule has 0 radical (unpaired) electrons. The lowest BCUT2D eigenvalue weighted by Gasteiger charge is -2.14. The summed E-state index contributed by atoms with van der Waals surface area (Å²) in [6, 6.07) is 0. The highest BCUT2D eigenvalue weighted by Gasteiger charge is 2.15. The number of nitrogens with one attached hydrogen (secondary N) is 3. The Bertz CT molecular complexity index is 281. The van der Waals surface area contributed by atoms with Crippen LogP contribution in [-0.2, 0) is 9.53 Å². The van der Waals surface area contributed by atoms with Crippen molar-refractivity contribution in [2.75, 3.05) is 13.2 Å². The second-order valence-electron chi connectivity index (χ2n) is 4.83. The maximum atomic E-state index is 11.5. The first-order valence-corrected chi connectivity index (χ1v) is 7.57. The van der Waals surface area contributed by atoms with Gasteiger partial charge in [-0.15, -0.1) is 0 Å². The van der Waals surface area contributed by atoms with Crippen LogP contribution in [0.3, 0.4) is 0 Å². The zero-order valence-electron chi connectivity index (χ0n) is 11.7. The molecule has 0 aromatic heterocycles. The van der Waals surface area contributed by atoms with Gasteiger partial charge in [-0.25, -0.2) is 0 Å². The minimum Gasteiger partial charge on any atom is -0.376 e. The van der Waals surface area contributed by atoms with E-state index in [1.54, 1.807) is 0 Å². The molecule has 110 valence electrons. The summed E-state index contributed by atoms with van der Waals surface area (Å²) < 4.78 is 5.47. The quantitative estimate of drug-likeness (QED) is 0.377. The number of thiocarbonyl (C=S) groups is 1. The van der Waals surface area contributed by atoms with Gasteiger partial charge in [0.05, 0.1) is 6.10 Å². The van der Waals surface area contributed by atoms with E-state index < -0.39 is 0 Å². The van der Waals surface area contributed by atoms with E-state index in [9.17, 15) is 4.79 Å². The number of hydrazine groups is 1. The van der Waals surface area contributed by atoms with Gasteiger partial charge in [0.2, 0.25) is 5.91 Å². The first-order chi connectivity index (χ1) is 9.22. The molecule has 1 fully saturated rings. The van der Waals surface area contributed by atoms with Crippen molar-refractivity contribution in [1.82, 2.24) is 16.2 Å². The molecule has 6 heteroatoms. The van der Waals surface area contributed by atoms with Crippen LogP contribution in [0.2, 0.25) is 0 Å². The van der Waals surface area contributed by atoms with Gasteiger partial charge in [-0.2, -0.15) is 0 Å². The molecule has 0 aromatic carbocycles. The van der Waals surface area contributed by atoms with Gasteiger partial charge < -0.3 is 10.1 Å². The van der Waals surface area contributed by atoms with E-state index in [1.807, 2.05) is 0 Å². The van der Waals surface area contributed by atoms with Crippen molar-refractivity contribution < 1.29 is 9.53 Å². The smallest absolute Gasteiger partial charge is 0.238 e. The summed E-state index contributed by atoms with van der Waals surface area (Å²) in [5.41, 5.74) is 5.31. The molecular formula is C13H25N3O2S. The largest absolute Gasteiger partial charge is 0.376 e. The fourth-order valence-corrected chi connectivity index (χ4v) is 2.09. The van der Waals surface area contributed by atoms with Gasteiger partial charge in [-0.05, 0) is 31.5 Å². The summed E-state index contributed by atoms with van der Waals surface area (Å²) >= 11 is 5.07. The van der Waals surface area contributed by atoms with Crippen molar-refractivity contribution in [1.29, 1.82) is 0 Å². The maximum Gasteiger partial charge on any atom is 0.238 e. The highest BCUT2D eigenvalue weighted by Crippen LogP contribution is 2.10. The highest BCUT2D eigenvalue weighted by atomic mass is 32.1. The summed E-state index contributed by atoms with van der Waals surface area (Å²) in [4.78, 5) is 11.5. The Kier molecular flexibility index (Phi) is 8.49. The molecule has 1 heterocycles. The zero-order chi connectivity index (χ0) is 13.9. The van der Waals surface area contributed by atoms with Crippen molar-refractivity contribution in [3.63, 3.8) is 0 Å². The molecule has 5 nitrogen and oxygen atoms in total. The van der Waals surface area contributed by atoms with Gasteiger partial charge in [-0.1, -0.05) is 26.2 Å². The fourth-order valence-electron chi connectivity index (χ4n) is 1.96.